The van der Waals surface area contributed by atoms with E-state index in [1.54, 1.807) is 43.3 Å². The minimum atomic E-state index is -0.377. The summed E-state index contributed by atoms with van der Waals surface area (Å²) in [6, 6.07) is 5.36. The Hall–Kier alpha value is -2.76. The molecule has 0 bridgehead atoms. The molecule has 0 saturated heterocycles. The first kappa shape index (κ1) is 18.6. The highest BCUT2D eigenvalue weighted by Crippen LogP contribution is 2.24. The molecule has 0 aliphatic heterocycles. The maximum Gasteiger partial charge on any atom is 0.414 e. The number of ether oxygens (including phenoxy) is 2. The van der Waals surface area contributed by atoms with Crippen LogP contribution in [0.3, 0.4) is 0 Å². The third-order valence-electron chi connectivity index (χ3n) is 3.73. The normalized spacial score (nSPS) is 11.0. The third kappa shape index (κ3) is 5.11. The SMILES string of the molecule is CCCCN(C)C(=O)Oc1ccc2c(/C=C/C(=O)OCC)c[nH]c2c1. The van der Waals surface area contributed by atoms with Gasteiger partial charge in [-0.3, -0.25) is 0 Å². The largest absolute Gasteiger partial charge is 0.463 e. The lowest BCUT2D eigenvalue weighted by Gasteiger charge is -2.16. The van der Waals surface area contributed by atoms with Crippen LogP contribution in [0.2, 0.25) is 0 Å². The van der Waals surface area contributed by atoms with E-state index in [9.17, 15) is 9.59 Å². The number of hydrogen-bond acceptors (Lipinski definition) is 4. The second kappa shape index (κ2) is 8.92. The Morgan fingerprint density at radius 1 is 1.28 bits per heavy atom. The number of carbonyl (C=O) groups excluding carboxylic acids is 2. The zero-order valence-corrected chi connectivity index (χ0v) is 14.9. The third-order valence-corrected chi connectivity index (χ3v) is 3.73. The van der Waals surface area contributed by atoms with Crippen molar-refractivity contribution in [3.05, 3.63) is 36.0 Å². The number of H-pyrrole nitrogens is 1. The average Bonchev–Trinajstić information content (AvgIpc) is 3.00. The van der Waals surface area contributed by atoms with Gasteiger partial charge < -0.3 is 19.4 Å². The first-order chi connectivity index (χ1) is 12.0. The topological polar surface area (TPSA) is 71.6 Å². The Morgan fingerprint density at radius 3 is 2.80 bits per heavy atom. The molecule has 1 heterocycles. The van der Waals surface area contributed by atoms with Crippen LogP contribution in [0, 0.1) is 0 Å². The van der Waals surface area contributed by atoms with Crippen LogP contribution in [0.15, 0.2) is 30.5 Å². The van der Waals surface area contributed by atoms with Gasteiger partial charge in [0, 0.05) is 48.4 Å². The van der Waals surface area contributed by atoms with Crippen LogP contribution in [0.25, 0.3) is 17.0 Å². The second-order valence-electron chi connectivity index (χ2n) is 5.68. The molecule has 0 atom stereocenters. The number of benzene rings is 1. The fourth-order valence-electron chi connectivity index (χ4n) is 2.34. The molecule has 0 unspecified atom stereocenters. The van der Waals surface area contributed by atoms with E-state index in [0.717, 1.165) is 29.3 Å². The van der Waals surface area contributed by atoms with E-state index in [-0.39, 0.29) is 12.1 Å². The van der Waals surface area contributed by atoms with Crippen molar-refractivity contribution in [3.63, 3.8) is 0 Å². The summed E-state index contributed by atoms with van der Waals surface area (Å²) in [5.74, 6) is 0.0983. The van der Waals surface area contributed by atoms with Gasteiger partial charge >= 0.3 is 12.1 Å². The maximum atomic E-state index is 12.0. The van der Waals surface area contributed by atoms with Gasteiger partial charge in [0.25, 0.3) is 0 Å². The lowest BCUT2D eigenvalue weighted by Crippen LogP contribution is -2.30. The number of aromatic amines is 1. The van der Waals surface area contributed by atoms with Crippen molar-refractivity contribution < 1.29 is 19.1 Å². The fraction of sp³-hybridized carbons (Fsp3) is 0.368. The number of esters is 1. The van der Waals surface area contributed by atoms with Crippen molar-refractivity contribution in [2.24, 2.45) is 0 Å². The van der Waals surface area contributed by atoms with Crippen molar-refractivity contribution in [2.75, 3.05) is 20.2 Å². The van der Waals surface area contributed by atoms with E-state index in [0.29, 0.717) is 18.9 Å². The minimum absolute atomic E-state index is 0.346. The number of rotatable bonds is 7. The molecule has 1 amide bonds. The Bertz CT molecular complexity index is 764. The molecule has 0 radical (unpaired) electrons. The molecule has 6 heteroatoms. The van der Waals surface area contributed by atoms with Gasteiger partial charge in [-0.2, -0.15) is 0 Å². The van der Waals surface area contributed by atoms with Crippen LogP contribution in [-0.2, 0) is 9.53 Å². The Kier molecular flexibility index (Phi) is 6.62. The van der Waals surface area contributed by atoms with Crippen LogP contribution in [-0.4, -0.2) is 42.1 Å². The van der Waals surface area contributed by atoms with Crippen molar-refractivity contribution >= 4 is 29.0 Å². The van der Waals surface area contributed by atoms with Crippen LogP contribution < -0.4 is 4.74 Å². The molecular formula is C19H24N2O4. The van der Waals surface area contributed by atoms with Gasteiger partial charge in [0.1, 0.15) is 5.75 Å². The van der Waals surface area contributed by atoms with Gasteiger partial charge in [-0.25, -0.2) is 9.59 Å². The van der Waals surface area contributed by atoms with Gasteiger partial charge in [0.15, 0.2) is 0 Å². The molecule has 0 spiro atoms. The van der Waals surface area contributed by atoms with Crippen LogP contribution in [0.5, 0.6) is 5.75 Å². The molecule has 1 aromatic heterocycles. The zero-order valence-electron chi connectivity index (χ0n) is 14.9. The summed E-state index contributed by atoms with van der Waals surface area (Å²) < 4.78 is 10.3. The Balaban J connectivity index is 2.08. The highest BCUT2D eigenvalue weighted by Gasteiger charge is 2.11. The molecule has 0 aliphatic carbocycles. The number of nitrogens with one attached hydrogen (secondary N) is 1. The minimum Gasteiger partial charge on any atom is -0.463 e. The van der Waals surface area contributed by atoms with E-state index >= 15 is 0 Å². The highest BCUT2D eigenvalue weighted by molar-refractivity contribution is 5.94. The van der Waals surface area contributed by atoms with Gasteiger partial charge in [-0.05, 0) is 31.6 Å². The number of carbonyl (C=O) groups is 2. The first-order valence-electron chi connectivity index (χ1n) is 8.44. The Labute approximate surface area is 147 Å². The predicted octanol–water partition coefficient (Wildman–Crippen LogP) is 3.97. The van der Waals surface area contributed by atoms with Gasteiger partial charge in [-0.1, -0.05) is 13.3 Å². The van der Waals surface area contributed by atoms with Crippen molar-refractivity contribution in [3.8, 4) is 5.75 Å². The molecule has 0 fully saturated rings. The summed E-state index contributed by atoms with van der Waals surface area (Å²) in [4.78, 5) is 28.1. The van der Waals surface area contributed by atoms with Gasteiger partial charge in [0.05, 0.1) is 6.61 Å². The predicted molar refractivity (Wildman–Crippen MR) is 97.5 cm³/mol. The van der Waals surface area contributed by atoms with Crippen LogP contribution >= 0.6 is 0 Å². The van der Waals surface area contributed by atoms with Crippen molar-refractivity contribution in [1.29, 1.82) is 0 Å². The molecule has 0 aliphatic rings. The quantitative estimate of drug-likeness (QED) is 0.609. The number of fused-ring (bicyclic) bond motifs is 1. The lowest BCUT2D eigenvalue weighted by atomic mass is 10.1. The summed E-state index contributed by atoms with van der Waals surface area (Å²) in [6.45, 7) is 4.85. The summed E-state index contributed by atoms with van der Waals surface area (Å²) >= 11 is 0. The highest BCUT2D eigenvalue weighted by atomic mass is 16.6. The van der Waals surface area contributed by atoms with Gasteiger partial charge in [-0.15, -0.1) is 0 Å². The molecule has 0 saturated carbocycles. The standard InChI is InChI=1S/C19H24N2O4/c1-4-6-11-21(3)19(23)25-15-8-9-16-14(13-20-17(16)12-15)7-10-18(22)24-5-2/h7-10,12-13,20H,4-6,11H2,1-3H3/b10-7+. The van der Waals surface area contributed by atoms with E-state index in [1.165, 1.54) is 6.08 Å². The molecule has 2 rings (SSSR count). The summed E-state index contributed by atoms with van der Waals surface area (Å²) in [5, 5.41) is 0.930. The number of hydrogen-bond donors (Lipinski definition) is 1. The van der Waals surface area contributed by atoms with E-state index in [1.807, 2.05) is 6.07 Å². The first-order valence-corrected chi connectivity index (χ1v) is 8.44. The number of unbranched alkanes of at least 4 members (excludes halogenated alkanes) is 1. The van der Waals surface area contributed by atoms with Crippen LogP contribution in [0.1, 0.15) is 32.3 Å². The van der Waals surface area contributed by atoms with Crippen molar-refractivity contribution in [2.45, 2.75) is 26.7 Å². The van der Waals surface area contributed by atoms with E-state index < -0.39 is 0 Å². The molecule has 25 heavy (non-hydrogen) atoms. The van der Waals surface area contributed by atoms with E-state index in [4.69, 9.17) is 9.47 Å². The maximum absolute atomic E-state index is 12.0. The number of amides is 1. The lowest BCUT2D eigenvalue weighted by molar-refractivity contribution is -0.137. The summed E-state index contributed by atoms with van der Waals surface area (Å²) in [5.41, 5.74) is 1.69. The molecule has 6 nitrogen and oxygen atoms in total. The monoisotopic (exact) mass is 344 g/mol. The molecule has 1 N–H and O–H groups in total. The molecule has 2 aromatic rings. The van der Waals surface area contributed by atoms with Gasteiger partial charge in [0.2, 0.25) is 0 Å². The smallest absolute Gasteiger partial charge is 0.414 e. The molecule has 1 aromatic carbocycles. The second-order valence-corrected chi connectivity index (χ2v) is 5.68. The average molecular weight is 344 g/mol. The van der Waals surface area contributed by atoms with Crippen LogP contribution in [0.4, 0.5) is 4.79 Å². The number of nitrogens with zero attached hydrogens (tertiary/aromatic N) is 1. The summed E-state index contributed by atoms with van der Waals surface area (Å²) in [6.07, 6.45) is 6.47. The van der Waals surface area contributed by atoms with E-state index in [2.05, 4.69) is 11.9 Å². The molecule has 134 valence electrons. The zero-order chi connectivity index (χ0) is 18.2. The van der Waals surface area contributed by atoms with Crippen molar-refractivity contribution in [1.82, 2.24) is 9.88 Å². The fourth-order valence-corrected chi connectivity index (χ4v) is 2.34. The molecular weight excluding hydrogens is 320 g/mol. The summed E-state index contributed by atoms with van der Waals surface area (Å²) in [7, 11) is 1.73. The number of aromatic nitrogens is 1. The Morgan fingerprint density at radius 2 is 2.08 bits per heavy atom.